The van der Waals surface area contributed by atoms with Crippen LogP contribution in [0.1, 0.15) is 57.8 Å². The number of para-hydroxylation sites is 1. The predicted octanol–water partition coefficient (Wildman–Crippen LogP) is 3.17. The molecule has 1 aromatic rings. The summed E-state index contributed by atoms with van der Waals surface area (Å²) in [5, 5.41) is 23.4. The highest BCUT2D eigenvalue weighted by Gasteiger charge is 2.45. The highest BCUT2D eigenvalue weighted by molar-refractivity contribution is 14.1. The molecule has 2 saturated carbocycles. The second-order valence-electron chi connectivity index (χ2n) is 9.61. The molecule has 0 aromatic heterocycles. The lowest BCUT2D eigenvalue weighted by Crippen LogP contribution is -2.58. The molecule has 2 fully saturated rings. The average molecular weight is 582 g/mol. The largest absolute Gasteiger partial charge is 0.482 e. The number of rotatable bonds is 8. The van der Waals surface area contributed by atoms with Gasteiger partial charge < -0.3 is 25.2 Å². The topological polar surface area (TPSA) is 99.1 Å². The highest BCUT2D eigenvalue weighted by Crippen LogP contribution is 2.37. The van der Waals surface area contributed by atoms with Crippen molar-refractivity contribution >= 4 is 34.4 Å². The van der Waals surface area contributed by atoms with Crippen LogP contribution in [0.3, 0.4) is 0 Å². The Morgan fingerprint density at radius 1 is 1.09 bits per heavy atom. The van der Waals surface area contributed by atoms with E-state index in [1.807, 2.05) is 29.2 Å². The molecule has 34 heavy (non-hydrogen) atoms. The third-order valence-electron chi connectivity index (χ3n) is 7.35. The van der Waals surface area contributed by atoms with Gasteiger partial charge in [0.2, 0.25) is 11.8 Å². The third-order valence-corrected chi connectivity index (χ3v) is 8.24. The highest BCUT2D eigenvalue weighted by atomic mass is 127. The molecule has 7 nitrogen and oxygen atoms in total. The van der Waals surface area contributed by atoms with Crippen LogP contribution in [0.2, 0.25) is 0 Å². The Labute approximate surface area is 215 Å². The summed E-state index contributed by atoms with van der Waals surface area (Å²) >= 11 is 2.19. The van der Waals surface area contributed by atoms with Crippen molar-refractivity contribution in [1.29, 1.82) is 0 Å². The minimum atomic E-state index is -0.948. The van der Waals surface area contributed by atoms with E-state index < -0.39 is 18.2 Å². The zero-order chi connectivity index (χ0) is 24.1. The van der Waals surface area contributed by atoms with Crippen molar-refractivity contribution in [1.82, 2.24) is 10.2 Å². The van der Waals surface area contributed by atoms with Gasteiger partial charge in [-0.1, -0.05) is 37.8 Å². The van der Waals surface area contributed by atoms with E-state index in [-0.39, 0.29) is 43.3 Å². The zero-order valence-electron chi connectivity index (χ0n) is 19.5. The van der Waals surface area contributed by atoms with Gasteiger partial charge in [-0.2, -0.15) is 0 Å². The summed E-state index contributed by atoms with van der Waals surface area (Å²) in [6.45, 7) is 0.000419. The maximum Gasteiger partial charge on any atom is 0.247 e. The molecule has 0 saturated heterocycles. The molecule has 3 atom stereocenters. The molecule has 4 rings (SSSR count). The van der Waals surface area contributed by atoms with Gasteiger partial charge >= 0.3 is 0 Å². The Morgan fingerprint density at radius 2 is 1.76 bits per heavy atom. The van der Waals surface area contributed by atoms with E-state index in [0.717, 1.165) is 54.9 Å². The predicted molar refractivity (Wildman–Crippen MR) is 137 cm³/mol. The van der Waals surface area contributed by atoms with Crippen LogP contribution in [0.25, 0.3) is 0 Å². The Kier molecular flexibility index (Phi) is 8.87. The van der Waals surface area contributed by atoms with Gasteiger partial charge in [0.25, 0.3) is 0 Å². The van der Waals surface area contributed by atoms with E-state index in [9.17, 15) is 14.7 Å². The van der Waals surface area contributed by atoms with Crippen molar-refractivity contribution in [3.8, 4) is 5.75 Å². The summed E-state index contributed by atoms with van der Waals surface area (Å²) in [7, 11) is 0. The number of benzene rings is 1. The van der Waals surface area contributed by atoms with Crippen LogP contribution in [-0.2, 0) is 9.59 Å². The van der Waals surface area contributed by atoms with Crippen LogP contribution in [0.5, 0.6) is 5.75 Å². The smallest absolute Gasteiger partial charge is 0.247 e. The first-order chi connectivity index (χ1) is 16.5. The van der Waals surface area contributed by atoms with Crippen molar-refractivity contribution in [3.05, 3.63) is 39.5 Å². The Bertz CT molecular complexity index is 895. The molecule has 186 valence electrons. The van der Waals surface area contributed by atoms with Crippen molar-refractivity contribution in [2.45, 2.75) is 82.1 Å². The molecule has 0 bridgehead atoms. The van der Waals surface area contributed by atoms with Crippen LogP contribution in [0.4, 0.5) is 0 Å². The summed E-state index contributed by atoms with van der Waals surface area (Å²) in [4.78, 5) is 28.6. The molecule has 8 heteroatoms. The summed E-state index contributed by atoms with van der Waals surface area (Å²) in [5.74, 6) is 0.467. The monoisotopic (exact) mass is 582 g/mol. The molecular weight excluding hydrogens is 547 g/mol. The molecule has 0 heterocycles. The van der Waals surface area contributed by atoms with Crippen molar-refractivity contribution < 1.29 is 24.5 Å². The van der Waals surface area contributed by atoms with Crippen molar-refractivity contribution in [2.75, 3.05) is 13.2 Å². The number of aliphatic hydroxyl groups is 2. The van der Waals surface area contributed by atoms with E-state index in [2.05, 4.69) is 27.9 Å². The Balaban J connectivity index is 1.66. The van der Waals surface area contributed by atoms with Crippen molar-refractivity contribution in [2.24, 2.45) is 5.92 Å². The molecule has 3 N–H and O–H groups in total. The van der Waals surface area contributed by atoms with E-state index in [1.54, 1.807) is 6.08 Å². The number of hydrogen-bond donors (Lipinski definition) is 3. The second kappa shape index (κ2) is 11.9. The number of aliphatic hydroxyl groups excluding tert-OH is 2. The van der Waals surface area contributed by atoms with Gasteiger partial charge in [0.15, 0.2) is 0 Å². The van der Waals surface area contributed by atoms with Gasteiger partial charge in [-0.25, -0.2) is 0 Å². The van der Waals surface area contributed by atoms with Gasteiger partial charge in [0.05, 0.1) is 16.2 Å². The Morgan fingerprint density at radius 3 is 2.44 bits per heavy atom. The number of nitrogens with zero attached hydrogens (tertiary/aromatic N) is 1. The average Bonchev–Trinajstić information content (AvgIpc) is 3.56. The van der Waals surface area contributed by atoms with Crippen molar-refractivity contribution in [3.63, 3.8) is 0 Å². The van der Waals surface area contributed by atoms with Gasteiger partial charge in [0.1, 0.15) is 18.0 Å². The van der Waals surface area contributed by atoms with Crippen LogP contribution in [-0.4, -0.2) is 64.4 Å². The number of hydrogen-bond acceptors (Lipinski definition) is 5. The first kappa shape index (κ1) is 25.4. The maximum absolute atomic E-state index is 13.8. The second-order valence-corrected chi connectivity index (χ2v) is 10.8. The van der Waals surface area contributed by atoms with Crippen LogP contribution in [0, 0.1) is 9.49 Å². The lowest BCUT2D eigenvalue weighted by molar-refractivity contribution is -0.146. The molecule has 1 aromatic carbocycles. The zero-order valence-corrected chi connectivity index (χ0v) is 21.7. The normalized spacial score (nSPS) is 25.7. The van der Waals surface area contributed by atoms with E-state index >= 15 is 0 Å². The van der Waals surface area contributed by atoms with Gasteiger partial charge in [-0.3, -0.25) is 9.59 Å². The molecule has 0 spiro atoms. The number of carbonyl (C=O) groups excluding carboxylic acids is 2. The number of amides is 2. The first-order valence-electron chi connectivity index (χ1n) is 12.5. The first-order valence-corrected chi connectivity index (χ1v) is 13.6. The van der Waals surface area contributed by atoms with Crippen LogP contribution in [0.15, 0.2) is 35.9 Å². The molecule has 0 aliphatic heterocycles. The molecule has 0 unspecified atom stereocenters. The van der Waals surface area contributed by atoms with Gasteiger partial charge in [0, 0.05) is 30.5 Å². The maximum atomic E-state index is 13.8. The van der Waals surface area contributed by atoms with Gasteiger partial charge in [-0.15, -0.1) is 0 Å². The number of carbonyl (C=O) groups is 2. The quantitative estimate of drug-likeness (QED) is 0.410. The Hall–Kier alpha value is -1.65. The third kappa shape index (κ3) is 5.76. The number of halogens is 1. The SMILES string of the molecule is O=C(NCCO)C1=C[C@H](Oc2ccccc2I)[C@@H](O)[C@H](N(C(=O)C2CCCC2)C2CCCC2)C1. The fourth-order valence-electron chi connectivity index (χ4n) is 5.62. The summed E-state index contributed by atoms with van der Waals surface area (Å²) in [5.41, 5.74) is 0.488. The fourth-order valence-corrected chi connectivity index (χ4v) is 6.13. The molecule has 2 amide bonds. The van der Waals surface area contributed by atoms with Crippen LogP contribution >= 0.6 is 22.6 Å². The van der Waals surface area contributed by atoms with E-state index in [1.165, 1.54) is 0 Å². The van der Waals surface area contributed by atoms with Crippen LogP contribution < -0.4 is 10.1 Å². The summed E-state index contributed by atoms with van der Waals surface area (Å²) in [6.07, 6.45) is 8.18. The number of nitrogens with one attached hydrogen (secondary N) is 1. The lowest BCUT2D eigenvalue weighted by Gasteiger charge is -2.44. The molecule has 3 aliphatic carbocycles. The van der Waals surface area contributed by atoms with E-state index in [0.29, 0.717) is 11.3 Å². The molecule has 0 radical (unpaired) electrons. The molecule has 3 aliphatic rings. The lowest BCUT2D eigenvalue weighted by atomic mass is 9.86. The summed E-state index contributed by atoms with van der Waals surface area (Å²) < 4.78 is 7.14. The minimum Gasteiger partial charge on any atom is -0.482 e. The minimum absolute atomic E-state index is 0.000174. The van der Waals surface area contributed by atoms with Gasteiger partial charge in [-0.05, 0) is 66.5 Å². The summed E-state index contributed by atoms with van der Waals surface area (Å²) in [6, 6.07) is 7.12. The fraction of sp³-hybridized carbons (Fsp3) is 0.615. The van der Waals surface area contributed by atoms with E-state index in [4.69, 9.17) is 9.84 Å². The number of ether oxygens (including phenoxy) is 1. The standard InChI is InChI=1S/C26H35IN2O5/c27-20-11-5-6-12-22(20)34-23-16-18(25(32)28-13-14-30)15-21(24(23)31)29(19-9-3-4-10-19)26(33)17-7-1-2-8-17/h5-6,11-12,16-17,19,21,23-24,30-31H,1-4,7-10,13-15H2,(H,28,32)/t21-,23+,24+/m1/s1. The molecular formula is C26H35IN2O5.